The van der Waals surface area contributed by atoms with Crippen LogP contribution in [0.3, 0.4) is 0 Å². The summed E-state index contributed by atoms with van der Waals surface area (Å²) in [6, 6.07) is 0.387. The van der Waals surface area contributed by atoms with Crippen molar-refractivity contribution in [2.24, 2.45) is 5.41 Å². The van der Waals surface area contributed by atoms with Crippen LogP contribution in [-0.2, 0) is 10.8 Å². The van der Waals surface area contributed by atoms with Crippen molar-refractivity contribution in [2.75, 3.05) is 7.05 Å². The van der Waals surface area contributed by atoms with Gasteiger partial charge in [0.25, 0.3) is 0 Å². The first-order chi connectivity index (χ1) is 6.70. The van der Waals surface area contributed by atoms with Gasteiger partial charge in [0.15, 0.2) is 0 Å². The minimum Gasteiger partial charge on any atom is -0.315 e. The fourth-order valence-corrected chi connectivity index (χ4v) is 4.59. The third kappa shape index (κ3) is 2.62. The van der Waals surface area contributed by atoms with Crippen LogP contribution in [0.15, 0.2) is 0 Å². The van der Waals surface area contributed by atoms with Gasteiger partial charge in [-0.05, 0) is 46.1 Å². The fraction of sp³-hybridized carbons (Fsp3) is 1.00. The molecule has 0 spiro atoms. The minimum absolute atomic E-state index is 0.0970. The molecule has 1 rings (SSSR count). The predicted molar refractivity (Wildman–Crippen MR) is 67.5 cm³/mol. The Balaban J connectivity index is 2.85. The van der Waals surface area contributed by atoms with E-state index in [-0.39, 0.29) is 10.2 Å². The van der Waals surface area contributed by atoms with E-state index in [1.807, 2.05) is 7.05 Å². The summed E-state index contributed by atoms with van der Waals surface area (Å²) in [6.45, 7) is 10.8. The van der Waals surface area contributed by atoms with Crippen LogP contribution in [0.5, 0.6) is 0 Å². The molecule has 0 bridgehead atoms. The van der Waals surface area contributed by atoms with Crippen LogP contribution < -0.4 is 5.32 Å². The summed E-state index contributed by atoms with van der Waals surface area (Å²) in [4.78, 5) is 0. The smallest absolute Gasteiger partial charge is 0.0511 e. The SMILES string of the molecule is CNC1C(S(=O)C(C)(C)C)CCC1(C)C. The summed E-state index contributed by atoms with van der Waals surface area (Å²) < 4.78 is 12.3. The second-order valence-corrected chi connectivity index (χ2v) is 8.67. The van der Waals surface area contributed by atoms with Gasteiger partial charge in [0.05, 0.1) is 5.25 Å². The van der Waals surface area contributed by atoms with Gasteiger partial charge in [0.2, 0.25) is 0 Å². The van der Waals surface area contributed by atoms with Crippen molar-refractivity contribution in [3.8, 4) is 0 Å². The summed E-state index contributed by atoms with van der Waals surface area (Å²) in [5.74, 6) is 0. The van der Waals surface area contributed by atoms with Gasteiger partial charge in [-0.1, -0.05) is 13.8 Å². The number of nitrogens with one attached hydrogen (secondary N) is 1. The van der Waals surface area contributed by atoms with E-state index >= 15 is 0 Å². The highest BCUT2D eigenvalue weighted by Crippen LogP contribution is 2.41. The molecule has 1 aliphatic carbocycles. The second-order valence-electron chi connectivity index (χ2n) is 6.24. The van der Waals surface area contributed by atoms with Crippen LogP contribution in [0.1, 0.15) is 47.5 Å². The van der Waals surface area contributed by atoms with Gasteiger partial charge in [0, 0.05) is 21.6 Å². The maximum absolute atomic E-state index is 12.4. The second kappa shape index (κ2) is 4.17. The van der Waals surface area contributed by atoms with Gasteiger partial charge in [-0.2, -0.15) is 0 Å². The molecule has 1 saturated carbocycles. The topological polar surface area (TPSA) is 29.1 Å². The third-order valence-electron chi connectivity index (χ3n) is 3.48. The van der Waals surface area contributed by atoms with E-state index in [2.05, 4.69) is 39.9 Å². The Labute approximate surface area is 96.7 Å². The molecule has 3 heteroatoms. The van der Waals surface area contributed by atoms with E-state index in [9.17, 15) is 4.21 Å². The van der Waals surface area contributed by atoms with E-state index in [1.54, 1.807) is 0 Å². The van der Waals surface area contributed by atoms with Crippen molar-refractivity contribution in [1.29, 1.82) is 0 Å². The number of rotatable bonds is 2. The Morgan fingerprint density at radius 3 is 2.27 bits per heavy atom. The molecule has 0 aromatic carbocycles. The molecule has 0 saturated heterocycles. The molecular formula is C12H25NOS. The van der Waals surface area contributed by atoms with Gasteiger partial charge >= 0.3 is 0 Å². The van der Waals surface area contributed by atoms with Gasteiger partial charge in [0.1, 0.15) is 0 Å². The van der Waals surface area contributed by atoms with Crippen LogP contribution in [0.4, 0.5) is 0 Å². The maximum Gasteiger partial charge on any atom is 0.0511 e. The van der Waals surface area contributed by atoms with E-state index < -0.39 is 10.8 Å². The molecule has 90 valence electrons. The summed E-state index contributed by atoms with van der Waals surface area (Å²) in [7, 11) is 1.24. The standard InChI is InChI=1S/C12H25NOS/c1-11(2,3)15(14)9-7-8-12(4,5)10(9)13-6/h9-10,13H,7-8H2,1-6H3. The molecule has 1 N–H and O–H groups in total. The average molecular weight is 231 g/mol. The Kier molecular flexibility index (Phi) is 3.66. The summed E-state index contributed by atoms with van der Waals surface area (Å²) >= 11 is 0. The monoisotopic (exact) mass is 231 g/mol. The summed E-state index contributed by atoms with van der Waals surface area (Å²) in [6.07, 6.45) is 2.26. The number of hydrogen-bond acceptors (Lipinski definition) is 2. The lowest BCUT2D eigenvalue weighted by atomic mass is 9.87. The first-order valence-electron chi connectivity index (χ1n) is 5.78. The van der Waals surface area contributed by atoms with Gasteiger partial charge in [-0.25, -0.2) is 0 Å². The van der Waals surface area contributed by atoms with E-state index in [4.69, 9.17) is 0 Å². The van der Waals surface area contributed by atoms with Crippen molar-refractivity contribution in [3.05, 3.63) is 0 Å². The van der Waals surface area contributed by atoms with Crippen LogP contribution in [-0.4, -0.2) is 27.3 Å². The molecule has 0 aliphatic heterocycles. The molecule has 2 nitrogen and oxygen atoms in total. The summed E-state index contributed by atoms with van der Waals surface area (Å²) in [5, 5.41) is 3.67. The highest BCUT2D eigenvalue weighted by Gasteiger charge is 2.45. The average Bonchev–Trinajstić information content (AvgIpc) is 2.37. The van der Waals surface area contributed by atoms with Crippen LogP contribution >= 0.6 is 0 Å². The minimum atomic E-state index is -0.752. The lowest BCUT2D eigenvalue weighted by molar-refractivity contribution is 0.298. The third-order valence-corrected chi connectivity index (χ3v) is 5.74. The largest absolute Gasteiger partial charge is 0.315 e. The van der Waals surface area contributed by atoms with Crippen LogP contribution in [0.2, 0.25) is 0 Å². The summed E-state index contributed by atoms with van der Waals surface area (Å²) in [5.41, 5.74) is 0.278. The Morgan fingerprint density at radius 1 is 1.33 bits per heavy atom. The molecule has 0 heterocycles. The van der Waals surface area contributed by atoms with E-state index in [0.717, 1.165) is 6.42 Å². The molecule has 1 fully saturated rings. The lowest BCUT2D eigenvalue weighted by Gasteiger charge is -2.32. The van der Waals surface area contributed by atoms with Crippen molar-refractivity contribution >= 4 is 10.8 Å². The van der Waals surface area contributed by atoms with Crippen molar-refractivity contribution in [1.82, 2.24) is 5.32 Å². The Bertz CT molecular complexity index is 255. The van der Waals surface area contributed by atoms with Gasteiger partial charge in [-0.3, -0.25) is 4.21 Å². The lowest BCUT2D eigenvalue weighted by Crippen LogP contribution is -2.47. The van der Waals surface area contributed by atoms with Crippen LogP contribution in [0, 0.1) is 5.41 Å². The zero-order valence-corrected chi connectivity index (χ0v) is 11.7. The highest BCUT2D eigenvalue weighted by molar-refractivity contribution is 7.87. The van der Waals surface area contributed by atoms with Crippen LogP contribution in [0.25, 0.3) is 0 Å². The first kappa shape index (κ1) is 13.2. The van der Waals surface area contributed by atoms with Gasteiger partial charge in [-0.15, -0.1) is 0 Å². The maximum atomic E-state index is 12.4. The zero-order chi connectivity index (χ0) is 11.9. The molecule has 3 atom stereocenters. The van der Waals surface area contributed by atoms with E-state index in [0.29, 0.717) is 11.3 Å². The molecule has 1 aliphatic rings. The molecule has 0 aromatic heterocycles. The highest BCUT2D eigenvalue weighted by atomic mass is 32.2. The normalized spacial score (nSPS) is 32.9. The fourth-order valence-electron chi connectivity index (χ4n) is 2.60. The van der Waals surface area contributed by atoms with E-state index in [1.165, 1.54) is 6.42 Å². The predicted octanol–water partition coefficient (Wildman–Crippen LogP) is 2.31. The zero-order valence-electron chi connectivity index (χ0n) is 10.9. The number of hydrogen-bond donors (Lipinski definition) is 1. The molecular weight excluding hydrogens is 206 g/mol. The van der Waals surface area contributed by atoms with Crippen molar-refractivity contribution < 1.29 is 4.21 Å². The van der Waals surface area contributed by atoms with Crippen molar-refractivity contribution in [3.63, 3.8) is 0 Å². The van der Waals surface area contributed by atoms with Gasteiger partial charge < -0.3 is 5.32 Å². The molecule has 0 amide bonds. The first-order valence-corrected chi connectivity index (χ1v) is 6.99. The molecule has 15 heavy (non-hydrogen) atoms. The molecule has 0 radical (unpaired) electrons. The van der Waals surface area contributed by atoms with Crippen molar-refractivity contribution in [2.45, 2.75) is 63.5 Å². The molecule has 3 unspecified atom stereocenters. The Morgan fingerprint density at radius 2 is 1.87 bits per heavy atom. The quantitative estimate of drug-likeness (QED) is 0.790. The Hall–Kier alpha value is 0.110. The molecule has 0 aromatic rings.